The van der Waals surface area contributed by atoms with Gasteiger partial charge in [-0.3, -0.25) is 4.79 Å². The van der Waals surface area contributed by atoms with Crippen molar-refractivity contribution < 1.29 is 9.53 Å². The number of aromatic nitrogens is 3. The molecule has 2 aromatic rings. The second kappa shape index (κ2) is 6.78. The van der Waals surface area contributed by atoms with Crippen LogP contribution in [-0.4, -0.2) is 59.1 Å². The van der Waals surface area contributed by atoms with Crippen molar-refractivity contribution in [1.82, 2.24) is 19.4 Å². The molecule has 0 spiro atoms. The summed E-state index contributed by atoms with van der Waals surface area (Å²) in [6, 6.07) is 5.86. The summed E-state index contributed by atoms with van der Waals surface area (Å²) in [6.45, 7) is 1.96. The first-order chi connectivity index (χ1) is 11.1. The number of carbonyl (C=O) groups excluding carboxylic acids is 1. The van der Waals surface area contributed by atoms with Crippen molar-refractivity contribution in [1.29, 1.82) is 0 Å². The topological polar surface area (TPSA) is 63.5 Å². The molecule has 1 saturated heterocycles. The lowest BCUT2D eigenvalue weighted by atomic mass is 10.2. The summed E-state index contributed by atoms with van der Waals surface area (Å²) in [5, 5.41) is 0. The number of hydrogen-bond acceptors (Lipinski definition) is 5. The third-order valence-electron chi connectivity index (χ3n) is 3.84. The quantitative estimate of drug-likeness (QED) is 0.840. The van der Waals surface area contributed by atoms with E-state index in [1.165, 1.54) is 0 Å². The van der Waals surface area contributed by atoms with E-state index in [9.17, 15) is 4.79 Å². The van der Waals surface area contributed by atoms with Crippen LogP contribution in [-0.2, 0) is 16.1 Å². The number of hydrogen-bond donors (Lipinski definition) is 0. The van der Waals surface area contributed by atoms with Gasteiger partial charge in [0.05, 0.1) is 25.2 Å². The van der Waals surface area contributed by atoms with Gasteiger partial charge in [0.15, 0.2) is 0 Å². The highest BCUT2D eigenvalue weighted by Gasteiger charge is 2.26. The van der Waals surface area contributed by atoms with E-state index in [-0.39, 0.29) is 12.0 Å². The van der Waals surface area contributed by atoms with Gasteiger partial charge in [-0.1, -0.05) is 6.07 Å². The van der Waals surface area contributed by atoms with E-state index >= 15 is 0 Å². The van der Waals surface area contributed by atoms with Crippen molar-refractivity contribution in [3.63, 3.8) is 0 Å². The van der Waals surface area contributed by atoms with Crippen LogP contribution in [0.1, 0.15) is 11.8 Å². The molecule has 1 fully saturated rings. The predicted octanol–water partition coefficient (Wildman–Crippen LogP) is 0.944. The van der Waals surface area contributed by atoms with E-state index in [1.54, 1.807) is 23.3 Å². The molecule has 2 aromatic heterocycles. The average molecular weight is 315 g/mol. The SMILES string of the molecule is CN(C)c1cccc(C2CN(C(=O)Cn3ccnc3)CCO2)n1. The molecular weight excluding hydrogens is 294 g/mol. The van der Waals surface area contributed by atoms with Gasteiger partial charge in [-0.2, -0.15) is 0 Å². The van der Waals surface area contributed by atoms with Crippen LogP contribution in [0.25, 0.3) is 0 Å². The van der Waals surface area contributed by atoms with Crippen LogP contribution in [0.5, 0.6) is 0 Å². The number of imidazole rings is 1. The van der Waals surface area contributed by atoms with Crippen LogP contribution < -0.4 is 4.90 Å². The summed E-state index contributed by atoms with van der Waals surface area (Å²) in [6.07, 6.45) is 4.93. The zero-order valence-electron chi connectivity index (χ0n) is 13.4. The molecule has 23 heavy (non-hydrogen) atoms. The van der Waals surface area contributed by atoms with Crippen molar-refractivity contribution in [2.24, 2.45) is 0 Å². The van der Waals surface area contributed by atoms with Crippen molar-refractivity contribution in [2.45, 2.75) is 12.6 Å². The highest BCUT2D eigenvalue weighted by molar-refractivity contribution is 5.76. The number of rotatable bonds is 4. The monoisotopic (exact) mass is 315 g/mol. The van der Waals surface area contributed by atoms with Crippen LogP contribution in [0, 0.1) is 0 Å². The predicted molar refractivity (Wildman–Crippen MR) is 86.1 cm³/mol. The number of ether oxygens (including phenoxy) is 1. The highest BCUT2D eigenvalue weighted by atomic mass is 16.5. The van der Waals surface area contributed by atoms with Gasteiger partial charge in [0.2, 0.25) is 5.91 Å². The van der Waals surface area contributed by atoms with Gasteiger partial charge in [-0.25, -0.2) is 9.97 Å². The van der Waals surface area contributed by atoms with E-state index in [4.69, 9.17) is 4.74 Å². The third-order valence-corrected chi connectivity index (χ3v) is 3.84. The van der Waals surface area contributed by atoms with Crippen molar-refractivity contribution in [3.05, 3.63) is 42.6 Å². The lowest BCUT2D eigenvalue weighted by molar-refractivity contribution is -0.139. The standard InChI is InChI=1S/C16H21N5O2/c1-19(2)15-5-3-4-13(18-15)14-10-21(8-9-23-14)16(22)11-20-7-6-17-12-20/h3-7,12,14H,8-11H2,1-2H3. The van der Waals surface area contributed by atoms with Crippen LogP contribution in [0.4, 0.5) is 5.82 Å². The third kappa shape index (κ3) is 3.68. The fraction of sp³-hybridized carbons (Fsp3) is 0.438. The molecule has 3 rings (SSSR count). The van der Waals surface area contributed by atoms with Gasteiger partial charge in [0.25, 0.3) is 0 Å². The molecule has 7 heteroatoms. The Balaban J connectivity index is 1.68. The molecule has 3 heterocycles. The summed E-state index contributed by atoms with van der Waals surface area (Å²) in [5.41, 5.74) is 0.858. The Bertz CT molecular complexity index is 656. The smallest absolute Gasteiger partial charge is 0.242 e. The Morgan fingerprint density at radius 2 is 2.30 bits per heavy atom. The number of pyridine rings is 1. The number of carbonyl (C=O) groups is 1. The van der Waals surface area contributed by atoms with E-state index in [0.29, 0.717) is 26.2 Å². The first kappa shape index (κ1) is 15.5. The molecule has 0 N–H and O–H groups in total. The van der Waals surface area contributed by atoms with Gasteiger partial charge < -0.3 is 19.1 Å². The van der Waals surface area contributed by atoms with Crippen LogP contribution in [0.15, 0.2) is 36.9 Å². The van der Waals surface area contributed by atoms with E-state index in [2.05, 4.69) is 9.97 Å². The minimum atomic E-state index is -0.185. The number of nitrogens with zero attached hydrogens (tertiary/aromatic N) is 5. The molecule has 1 aliphatic rings. The van der Waals surface area contributed by atoms with Gasteiger partial charge in [0, 0.05) is 33.0 Å². The lowest BCUT2D eigenvalue weighted by Gasteiger charge is -2.33. The number of anilines is 1. The molecule has 0 saturated carbocycles. The lowest BCUT2D eigenvalue weighted by Crippen LogP contribution is -2.43. The van der Waals surface area contributed by atoms with E-state index in [1.807, 2.05) is 42.1 Å². The second-order valence-electron chi connectivity index (χ2n) is 5.75. The van der Waals surface area contributed by atoms with Crippen molar-refractivity contribution in [3.8, 4) is 0 Å². The molecule has 0 aromatic carbocycles. The number of amides is 1. The molecule has 1 atom stereocenters. The van der Waals surface area contributed by atoms with E-state index in [0.717, 1.165) is 11.5 Å². The van der Waals surface area contributed by atoms with Gasteiger partial charge in [-0.15, -0.1) is 0 Å². The Morgan fingerprint density at radius 3 is 3.04 bits per heavy atom. The van der Waals surface area contributed by atoms with Crippen molar-refractivity contribution in [2.75, 3.05) is 38.7 Å². The largest absolute Gasteiger partial charge is 0.368 e. The zero-order valence-corrected chi connectivity index (χ0v) is 13.4. The summed E-state index contributed by atoms with van der Waals surface area (Å²) in [4.78, 5) is 24.8. The van der Waals surface area contributed by atoms with Gasteiger partial charge in [0.1, 0.15) is 18.5 Å². The first-order valence-corrected chi connectivity index (χ1v) is 7.63. The summed E-state index contributed by atoms with van der Waals surface area (Å²) in [5.74, 6) is 0.952. The summed E-state index contributed by atoms with van der Waals surface area (Å²) in [7, 11) is 3.91. The molecule has 1 amide bonds. The molecule has 122 valence electrons. The molecule has 0 bridgehead atoms. The van der Waals surface area contributed by atoms with Crippen LogP contribution in [0.3, 0.4) is 0 Å². The van der Waals surface area contributed by atoms with E-state index < -0.39 is 0 Å². The Labute approximate surface area is 135 Å². The van der Waals surface area contributed by atoms with Gasteiger partial charge in [-0.05, 0) is 12.1 Å². The Morgan fingerprint density at radius 1 is 1.43 bits per heavy atom. The van der Waals surface area contributed by atoms with Crippen molar-refractivity contribution >= 4 is 11.7 Å². The molecule has 1 aliphatic heterocycles. The average Bonchev–Trinajstić information content (AvgIpc) is 3.08. The zero-order chi connectivity index (χ0) is 16.2. The second-order valence-corrected chi connectivity index (χ2v) is 5.75. The van der Waals surface area contributed by atoms with Crippen LogP contribution in [0.2, 0.25) is 0 Å². The maximum absolute atomic E-state index is 12.4. The number of morpholine rings is 1. The maximum atomic E-state index is 12.4. The first-order valence-electron chi connectivity index (χ1n) is 7.63. The molecule has 7 nitrogen and oxygen atoms in total. The Kier molecular flexibility index (Phi) is 4.57. The highest BCUT2D eigenvalue weighted by Crippen LogP contribution is 2.22. The van der Waals surface area contributed by atoms with Gasteiger partial charge >= 0.3 is 0 Å². The normalized spacial score (nSPS) is 18.0. The Hall–Kier alpha value is -2.41. The molecular formula is C16H21N5O2. The maximum Gasteiger partial charge on any atom is 0.242 e. The van der Waals surface area contributed by atoms with Crippen LogP contribution >= 0.6 is 0 Å². The fourth-order valence-electron chi connectivity index (χ4n) is 2.56. The minimum Gasteiger partial charge on any atom is -0.368 e. The minimum absolute atomic E-state index is 0.0695. The molecule has 0 aliphatic carbocycles. The fourth-order valence-corrected chi connectivity index (χ4v) is 2.56. The molecule has 0 radical (unpaired) electrons. The molecule has 1 unspecified atom stereocenters. The summed E-state index contributed by atoms with van der Waals surface area (Å²) < 4.78 is 7.60. The summed E-state index contributed by atoms with van der Waals surface area (Å²) >= 11 is 0.